The van der Waals surface area contributed by atoms with Gasteiger partial charge in [0, 0.05) is 12.6 Å². The van der Waals surface area contributed by atoms with Crippen molar-refractivity contribution in [1.29, 1.82) is 0 Å². The largest absolute Gasteiger partial charge is 0.392 e. The van der Waals surface area contributed by atoms with Gasteiger partial charge in [0.25, 0.3) is 0 Å². The second-order valence-electron chi connectivity index (χ2n) is 6.67. The molecular formula is C21H23NO2. The molecule has 2 bridgehead atoms. The molecule has 3 heteroatoms. The van der Waals surface area contributed by atoms with Gasteiger partial charge >= 0.3 is 0 Å². The summed E-state index contributed by atoms with van der Waals surface area (Å²) in [6, 6.07) is 19.7. The molecule has 124 valence electrons. The maximum absolute atomic E-state index is 9.38. The minimum Gasteiger partial charge on any atom is -0.392 e. The first kappa shape index (κ1) is 15.6. The van der Waals surface area contributed by atoms with Crippen molar-refractivity contribution in [1.82, 2.24) is 4.90 Å². The lowest BCUT2D eigenvalue weighted by molar-refractivity contribution is -0.0402. The number of hydrogen-bond acceptors (Lipinski definition) is 3. The molecule has 2 unspecified atom stereocenters. The smallest absolute Gasteiger partial charge is 0.0682 e. The summed E-state index contributed by atoms with van der Waals surface area (Å²) in [7, 11) is 0. The summed E-state index contributed by atoms with van der Waals surface area (Å²) in [5.41, 5.74) is 4.95. The van der Waals surface area contributed by atoms with Crippen molar-refractivity contribution in [2.75, 3.05) is 13.2 Å². The van der Waals surface area contributed by atoms with Gasteiger partial charge in [0.1, 0.15) is 0 Å². The summed E-state index contributed by atoms with van der Waals surface area (Å²) in [6.45, 7) is 2.62. The van der Waals surface area contributed by atoms with E-state index in [0.717, 1.165) is 31.7 Å². The van der Waals surface area contributed by atoms with Crippen LogP contribution in [0.15, 0.2) is 60.7 Å². The van der Waals surface area contributed by atoms with Gasteiger partial charge in [-0.05, 0) is 34.8 Å². The molecule has 24 heavy (non-hydrogen) atoms. The fourth-order valence-corrected chi connectivity index (χ4v) is 3.79. The Balaban J connectivity index is 1.59. The summed E-state index contributed by atoms with van der Waals surface area (Å²) in [5, 5.41) is 9.38. The van der Waals surface area contributed by atoms with Crippen LogP contribution < -0.4 is 0 Å². The lowest BCUT2D eigenvalue weighted by Gasteiger charge is -2.45. The van der Waals surface area contributed by atoms with Gasteiger partial charge in [-0.15, -0.1) is 0 Å². The van der Waals surface area contributed by atoms with Gasteiger partial charge in [0.15, 0.2) is 0 Å². The van der Waals surface area contributed by atoms with E-state index in [4.69, 9.17) is 4.74 Å². The van der Waals surface area contributed by atoms with E-state index < -0.39 is 0 Å². The van der Waals surface area contributed by atoms with E-state index >= 15 is 0 Å². The molecule has 0 saturated carbocycles. The summed E-state index contributed by atoms with van der Waals surface area (Å²) in [4.78, 5) is 2.57. The summed E-state index contributed by atoms with van der Waals surface area (Å²) < 4.78 is 5.81. The van der Waals surface area contributed by atoms with Crippen LogP contribution >= 0.6 is 0 Å². The number of hydrogen-bond donors (Lipinski definition) is 1. The number of ether oxygens (including phenoxy) is 1. The van der Waals surface area contributed by atoms with E-state index in [1.807, 2.05) is 12.1 Å². The average molecular weight is 321 g/mol. The van der Waals surface area contributed by atoms with E-state index in [0.29, 0.717) is 12.1 Å². The van der Waals surface area contributed by atoms with Crippen LogP contribution in [0.1, 0.15) is 23.1 Å². The molecule has 2 aliphatic heterocycles. The van der Waals surface area contributed by atoms with Crippen LogP contribution in [0.25, 0.3) is 5.57 Å². The Kier molecular flexibility index (Phi) is 4.48. The highest BCUT2D eigenvalue weighted by Crippen LogP contribution is 2.33. The zero-order chi connectivity index (χ0) is 16.4. The maximum atomic E-state index is 9.38. The first-order valence-electron chi connectivity index (χ1n) is 8.62. The van der Waals surface area contributed by atoms with Crippen molar-refractivity contribution in [3.8, 4) is 0 Å². The van der Waals surface area contributed by atoms with Gasteiger partial charge in [-0.3, -0.25) is 4.90 Å². The predicted octanol–water partition coefficient (Wildman–Crippen LogP) is 3.24. The van der Waals surface area contributed by atoms with Crippen molar-refractivity contribution in [2.45, 2.75) is 31.7 Å². The number of aliphatic hydroxyl groups excluding tert-OH is 1. The van der Waals surface area contributed by atoms with Gasteiger partial charge in [0.2, 0.25) is 0 Å². The minimum atomic E-state index is 0.0945. The number of rotatable bonds is 4. The second-order valence-corrected chi connectivity index (χ2v) is 6.67. The number of nitrogens with zero attached hydrogens (tertiary/aromatic N) is 1. The molecular weight excluding hydrogens is 298 g/mol. The lowest BCUT2D eigenvalue weighted by Crippen LogP contribution is -2.53. The van der Waals surface area contributed by atoms with Crippen LogP contribution in [-0.2, 0) is 17.9 Å². The van der Waals surface area contributed by atoms with Gasteiger partial charge in [-0.1, -0.05) is 54.6 Å². The Bertz CT molecular complexity index is 726. The van der Waals surface area contributed by atoms with Crippen LogP contribution in [-0.4, -0.2) is 35.3 Å². The van der Waals surface area contributed by atoms with Gasteiger partial charge in [0.05, 0.1) is 25.9 Å². The van der Waals surface area contributed by atoms with Crippen LogP contribution in [0.2, 0.25) is 0 Å². The normalized spacial score (nSPS) is 23.8. The topological polar surface area (TPSA) is 32.7 Å². The molecule has 0 radical (unpaired) electrons. The molecule has 2 aliphatic rings. The zero-order valence-electron chi connectivity index (χ0n) is 13.8. The van der Waals surface area contributed by atoms with Crippen molar-refractivity contribution in [3.63, 3.8) is 0 Å². The summed E-state index contributed by atoms with van der Waals surface area (Å²) in [6.07, 6.45) is 3.35. The van der Waals surface area contributed by atoms with E-state index in [9.17, 15) is 5.11 Å². The molecule has 2 aromatic carbocycles. The van der Waals surface area contributed by atoms with Crippen molar-refractivity contribution in [3.05, 3.63) is 77.4 Å². The highest BCUT2D eigenvalue weighted by Gasteiger charge is 2.34. The molecule has 1 saturated heterocycles. The molecule has 0 amide bonds. The van der Waals surface area contributed by atoms with E-state index in [1.165, 1.54) is 16.7 Å². The quantitative estimate of drug-likeness (QED) is 0.938. The molecule has 1 N–H and O–H groups in total. The highest BCUT2D eigenvalue weighted by molar-refractivity contribution is 5.68. The molecule has 2 aromatic rings. The van der Waals surface area contributed by atoms with E-state index in [1.54, 1.807) is 0 Å². The number of morpholine rings is 1. The molecule has 4 rings (SSSR count). The van der Waals surface area contributed by atoms with Crippen LogP contribution in [0, 0.1) is 0 Å². The number of aliphatic hydroxyl groups is 1. The Morgan fingerprint density at radius 3 is 2.62 bits per heavy atom. The zero-order valence-corrected chi connectivity index (χ0v) is 13.8. The third kappa shape index (κ3) is 3.16. The van der Waals surface area contributed by atoms with Crippen LogP contribution in [0.5, 0.6) is 0 Å². The SMILES string of the molecule is OCc1cccc(C2=CC3COCC(C2)N3Cc2ccccc2)c1. The van der Waals surface area contributed by atoms with Crippen molar-refractivity contribution >= 4 is 5.57 Å². The lowest BCUT2D eigenvalue weighted by atomic mass is 9.89. The van der Waals surface area contributed by atoms with Crippen molar-refractivity contribution in [2.24, 2.45) is 0 Å². The number of fused-ring (bicyclic) bond motifs is 2. The summed E-state index contributed by atoms with van der Waals surface area (Å²) >= 11 is 0. The second kappa shape index (κ2) is 6.89. The molecule has 2 atom stereocenters. The molecule has 1 fully saturated rings. The standard InChI is InChI=1S/C21H23NO2/c23-13-17-7-4-8-18(9-17)19-10-20-14-24-15-21(11-19)22(20)12-16-5-2-1-3-6-16/h1-10,20-21,23H,11-15H2. The van der Waals surface area contributed by atoms with Crippen molar-refractivity contribution < 1.29 is 9.84 Å². The highest BCUT2D eigenvalue weighted by atomic mass is 16.5. The van der Waals surface area contributed by atoms with Gasteiger partial charge < -0.3 is 9.84 Å². The minimum absolute atomic E-state index is 0.0945. The van der Waals surface area contributed by atoms with E-state index in [2.05, 4.69) is 53.4 Å². The first-order chi connectivity index (χ1) is 11.8. The third-order valence-corrected chi connectivity index (χ3v) is 5.03. The van der Waals surface area contributed by atoms with Crippen LogP contribution in [0.4, 0.5) is 0 Å². The van der Waals surface area contributed by atoms with Gasteiger partial charge in [-0.25, -0.2) is 0 Å². The molecule has 2 heterocycles. The molecule has 3 nitrogen and oxygen atoms in total. The monoisotopic (exact) mass is 321 g/mol. The van der Waals surface area contributed by atoms with Gasteiger partial charge in [-0.2, -0.15) is 0 Å². The predicted molar refractivity (Wildman–Crippen MR) is 95.3 cm³/mol. The maximum Gasteiger partial charge on any atom is 0.0682 e. The first-order valence-corrected chi connectivity index (χ1v) is 8.62. The number of benzene rings is 2. The third-order valence-electron chi connectivity index (χ3n) is 5.03. The fourth-order valence-electron chi connectivity index (χ4n) is 3.79. The van der Waals surface area contributed by atoms with Crippen LogP contribution in [0.3, 0.4) is 0 Å². The summed E-state index contributed by atoms with van der Waals surface area (Å²) in [5.74, 6) is 0. The van der Waals surface area contributed by atoms with E-state index in [-0.39, 0.29) is 6.61 Å². The Hall–Kier alpha value is -1.94. The Morgan fingerprint density at radius 2 is 1.83 bits per heavy atom. The molecule has 0 aromatic heterocycles. The Labute approximate surface area is 143 Å². The molecule has 0 spiro atoms. The fraction of sp³-hybridized carbons (Fsp3) is 0.333. The molecule has 0 aliphatic carbocycles. The average Bonchev–Trinajstić information content (AvgIpc) is 2.62. The Morgan fingerprint density at radius 1 is 1.00 bits per heavy atom.